The van der Waals surface area contributed by atoms with Gasteiger partial charge in [0, 0.05) is 0 Å². The number of hydrogen-bond donors (Lipinski definition) is 0. The maximum absolute atomic E-state index is 2.25. The summed E-state index contributed by atoms with van der Waals surface area (Å²) in [7, 11) is 0. The molecule has 1 unspecified atom stereocenters. The maximum Gasteiger partial charge on any atom is -1.00 e. The second-order valence-corrected chi connectivity index (χ2v) is 6.72. The van der Waals surface area contributed by atoms with E-state index >= 15 is 0 Å². The minimum Gasteiger partial charge on any atom is -1.00 e. The number of hydrogen-bond acceptors (Lipinski definition) is 0. The molecule has 0 spiro atoms. The standard InChI is InChI=1S/C14H14I.AsH3.6FH/c1-11-3-7-13(8-4-11)15-14-9-5-12(2)6-10-14;;;;;;;/h3-10H,1-2H3;1H3;6*1H/q+1;;;;;;;/p-1. The Morgan fingerprint density at radius 1 is 0.545 bits per heavy atom. The Labute approximate surface area is 147 Å². The van der Waals surface area contributed by atoms with Crippen molar-refractivity contribution in [1.82, 2.24) is 0 Å². The Balaban J connectivity index is -0.0000000914. The van der Waals surface area contributed by atoms with Crippen molar-refractivity contribution in [2.24, 2.45) is 0 Å². The normalized spacial score (nSPS) is 7.00. The number of benzene rings is 2. The monoisotopic (exact) mass is 506 g/mol. The van der Waals surface area contributed by atoms with E-state index in [0.717, 1.165) is 0 Å². The third-order valence-electron chi connectivity index (χ3n) is 2.24. The molecule has 1 atom stereocenters. The van der Waals surface area contributed by atoms with Gasteiger partial charge in [-0.05, 0) is 38.1 Å². The number of rotatable bonds is 2. The quantitative estimate of drug-likeness (QED) is 0.232. The SMILES string of the molecule is Cc1ccc([I+]c2ccc(C)cc2)cc1.F.F.F.F.F.[AsH3].[F-]. The zero-order chi connectivity index (χ0) is 10.7. The molecule has 2 rings (SSSR count). The van der Waals surface area contributed by atoms with Crippen molar-refractivity contribution in [2.75, 3.05) is 0 Å². The van der Waals surface area contributed by atoms with Crippen molar-refractivity contribution >= 4 is 18.0 Å². The minimum atomic E-state index is 0. The van der Waals surface area contributed by atoms with E-state index in [2.05, 4.69) is 62.4 Å². The van der Waals surface area contributed by atoms with Crippen molar-refractivity contribution in [1.29, 1.82) is 0 Å². The molecule has 0 N–H and O–H groups in total. The van der Waals surface area contributed by atoms with Crippen LogP contribution in [0.3, 0.4) is 0 Å². The first-order valence-electron chi connectivity index (χ1n) is 5.02. The minimum absolute atomic E-state index is 0. The van der Waals surface area contributed by atoms with Crippen LogP contribution in [0.15, 0.2) is 48.5 Å². The molecule has 0 amide bonds. The fourth-order valence-corrected chi connectivity index (χ4v) is 3.48. The van der Waals surface area contributed by atoms with Crippen LogP contribution in [0.5, 0.6) is 0 Å². The molecule has 8 heteroatoms. The Hall–Kier alpha value is -0.692. The smallest absolute Gasteiger partial charge is 1.00 e. The van der Waals surface area contributed by atoms with Gasteiger partial charge in [-0.3, -0.25) is 23.5 Å². The van der Waals surface area contributed by atoms with E-state index in [-0.39, 0.29) is 67.4 Å². The largest absolute Gasteiger partial charge is 1.00 e. The van der Waals surface area contributed by atoms with Gasteiger partial charge in [0.1, 0.15) is 0 Å². The zero-order valence-electron chi connectivity index (χ0n) is 12.1. The average molecular weight is 506 g/mol. The van der Waals surface area contributed by atoms with Gasteiger partial charge in [0.05, 0.1) is 0 Å². The summed E-state index contributed by atoms with van der Waals surface area (Å²) in [6.07, 6.45) is 0. The molecule has 0 saturated carbocycles. The van der Waals surface area contributed by atoms with Crippen molar-refractivity contribution in [3.05, 3.63) is 66.8 Å². The fourth-order valence-electron chi connectivity index (χ4n) is 1.32. The molecule has 2 aromatic rings. The van der Waals surface area contributed by atoms with Crippen molar-refractivity contribution < 1.29 is 49.4 Å². The van der Waals surface area contributed by atoms with Gasteiger partial charge in [-0.2, -0.15) is 0 Å². The van der Waals surface area contributed by atoms with E-state index in [9.17, 15) is 0 Å². The zero-order valence-corrected chi connectivity index (χ0v) is 17.2. The molecule has 0 aliphatic carbocycles. The van der Waals surface area contributed by atoms with Crippen LogP contribution in [-0.4, -0.2) is 18.0 Å². The van der Waals surface area contributed by atoms with E-state index in [1.807, 2.05) is 0 Å². The van der Waals surface area contributed by atoms with Gasteiger partial charge in [0.15, 0.2) is 7.14 Å². The average Bonchev–Trinajstić information content (AvgIpc) is 2.25. The van der Waals surface area contributed by atoms with Crippen LogP contribution in [0.25, 0.3) is 0 Å². The molecule has 0 heterocycles. The first-order valence-corrected chi connectivity index (χ1v) is 7.18. The number of aryl methyl sites for hydroxylation is 2. The molecule has 0 aromatic heterocycles. The third-order valence-corrected chi connectivity index (χ3v) is 4.92. The fraction of sp³-hybridized carbons (Fsp3) is 0.143. The van der Waals surface area contributed by atoms with Gasteiger partial charge >= 0.3 is 39.2 Å². The third kappa shape index (κ3) is 11.9. The summed E-state index contributed by atoms with van der Waals surface area (Å²) in [5.74, 6) is 0. The van der Waals surface area contributed by atoms with Crippen LogP contribution < -0.4 is 25.9 Å². The molecule has 2 aromatic carbocycles. The first-order chi connectivity index (χ1) is 7.24. The number of halogens is 7. The molecule has 0 bridgehead atoms. The van der Waals surface area contributed by atoms with Crippen LogP contribution >= 0.6 is 0 Å². The van der Waals surface area contributed by atoms with Gasteiger partial charge in [-0.25, -0.2) is 0 Å². The van der Waals surface area contributed by atoms with Crippen LogP contribution in [0.1, 0.15) is 11.1 Å². The van der Waals surface area contributed by atoms with E-state index in [1.165, 1.54) is 18.3 Å². The molecular formula is C14H22AsF6I. The molecule has 0 aliphatic rings. The van der Waals surface area contributed by atoms with Gasteiger partial charge in [0.25, 0.3) is 0 Å². The predicted octanol–water partition coefficient (Wildman–Crippen LogP) is -2.99. The Morgan fingerprint density at radius 3 is 1.00 bits per heavy atom. The Kier molecular flexibility index (Phi) is 31.3. The van der Waals surface area contributed by atoms with Crippen molar-refractivity contribution in [3.8, 4) is 0 Å². The Bertz CT molecular complexity index is 406. The topological polar surface area (TPSA) is 0 Å². The van der Waals surface area contributed by atoms with Gasteiger partial charge in [-0.15, -0.1) is 0 Å². The first kappa shape index (κ1) is 37.5. The van der Waals surface area contributed by atoms with Crippen molar-refractivity contribution in [2.45, 2.75) is 13.8 Å². The molecular weight excluding hydrogens is 484 g/mol. The van der Waals surface area contributed by atoms with Crippen LogP contribution in [0.4, 0.5) is 23.5 Å². The van der Waals surface area contributed by atoms with Crippen LogP contribution in [0.2, 0.25) is 0 Å². The molecule has 132 valence electrons. The predicted molar refractivity (Wildman–Crippen MR) is 82.2 cm³/mol. The molecule has 0 saturated heterocycles. The van der Waals surface area contributed by atoms with Gasteiger partial charge < -0.3 is 4.70 Å². The van der Waals surface area contributed by atoms with Gasteiger partial charge in [-0.1, -0.05) is 35.4 Å². The summed E-state index contributed by atoms with van der Waals surface area (Å²) >= 11 is 0.00313. The molecule has 0 aliphatic heterocycles. The van der Waals surface area contributed by atoms with E-state index < -0.39 is 0 Å². The van der Waals surface area contributed by atoms with Crippen molar-refractivity contribution in [3.63, 3.8) is 0 Å². The molecule has 0 nitrogen and oxygen atoms in total. The molecule has 0 radical (unpaired) electrons. The summed E-state index contributed by atoms with van der Waals surface area (Å²) in [5, 5.41) is 0. The summed E-state index contributed by atoms with van der Waals surface area (Å²) in [5.41, 5.74) is 2.68. The molecule has 0 fully saturated rings. The summed E-state index contributed by atoms with van der Waals surface area (Å²) in [6.45, 7) is 4.27. The van der Waals surface area contributed by atoms with Crippen LogP contribution in [0, 0.1) is 21.0 Å². The van der Waals surface area contributed by atoms with Gasteiger partial charge in [0.2, 0.25) is 0 Å². The second-order valence-electron chi connectivity index (χ2n) is 3.69. The second kappa shape index (κ2) is 18.4. The summed E-state index contributed by atoms with van der Waals surface area (Å²) < 4.78 is 2.98. The Morgan fingerprint density at radius 2 is 0.773 bits per heavy atom. The van der Waals surface area contributed by atoms with E-state index in [1.54, 1.807) is 0 Å². The summed E-state index contributed by atoms with van der Waals surface area (Å²) in [4.78, 5) is 0. The summed E-state index contributed by atoms with van der Waals surface area (Å²) in [6, 6.07) is 17.8. The molecule has 22 heavy (non-hydrogen) atoms. The van der Waals surface area contributed by atoms with Crippen LogP contribution in [-0.2, 0) is 0 Å². The van der Waals surface area contributed by atoms with E-state index in [0.29, 0.717) is 0 Å². The maximum atomic E-state index is 2.25. The van der Waals surface area contributed by atoms with E-state index in [4.69, 9.17) is 0 Å².